The minimum Gasteiger partial charge on any atom is -0.488 e. The Morgan fingerprint density at radius 2 is 2.14 bits per heavy atom. The van der Waals surface area contributed by atoms with Crippen LogP contribution >= 0.6 is 0 Å². The minimum absolute atomic E-state index is 0.00855. The first kappa shape index (κ1) is 14.9. The summed E-state index contributed by atoms with van der Waals surface area (Å²) in [5.41, 5.74) is -0.344. The van der Waals surface area contributed by atoms with Gasteiger partial charge in [0.1, 0.15) is 5.76 Å². The molecule has 0 bridgehead atoms. The summed E-state index contributed by atoms with van der Waals surface area (Å²) in [7, 11) is 0. The normalized spacial score (nSPS) is 10.5. The van der Waals surface area contributed by atoms with Crippen molar-refractivity contribution >= 4 is 5.97 Å². The fourth-order valence-electron chi connectivity index (χ4n) is 1.74. The zero-order chi connectivity index (χ0) is 15.2. The predicted molar refractivity (Wildman–Crippen MR) is 72.7 cm³/mol. The molecular weight excluding hydrogens is 278 g/mol. The second kappa shape index (κ2) is 6.76. The van der Waals surface area contributed by atoms with Crippen LogP contribution in [-0.4, -0.2) is 34.0 Å². The van der Waals surface area contributed by atoms with Crippen LogP contribution in [0.25, 0.3) is 0 Å². The summed E-state index contributed by atoms with van der Waals surface area (Å²) < 4.78 is 11.8. The van der Waals surface area contributed by atoms with Crippen LogP contribution in [-0.2, 0) is 6.54 Å². The molecule has 2 aromatic heterocycles. The number of furan rings is 1. The van der Waals surface area contributed by atoms with Gasteiger partial charge in [0.05, 0.1) is 13.2 Å². The fourth-order valence-corrected chi connectivity index (χ4v) is 1.74. The zero-order valence-electron chi connectivity index (χ0n) is 11.2. The largest absolute Gasteiger partial charge is 0.488 e. The van der Waals surface area contributed by atoms with Gasteiger partial charge in [0, 0.05) is 19.2 Å². The van der Waals surface area contributed by atoms with E-state index in [1.807, 2.05) is 0 Å². The van der Waals surface area contributed by atoms with Gasteiger partial charge < -0.3 is 23.9 Å². The second-order valence-electron chi connectivity index (χ2n) is 4.30. The topological polar surface area (TPSA) is 102 Å². The fraction of sp³-hybridized carbons (Fsp3) is 0.286. The Hall–Kier alpha value is -2.54. The van der Waals surface area contributed by atoms with Crippen LogP contribution in [0.3, 0.4) is 0 Å². The van der Waals surface area contributed by atoms with E-state index >= 15 is 0 Å². The molecule has 0 aliphatic heterocycles. The Morgan fingerprint density at radius 3 is 2.81 bits per heavy atom. The second-order valence-corrected chi connectivity index (χ2v) is 4.30. The van der Waals surface area contributed by atoms with Crippen molar-refractivity contribution in [2.24, 2.45) is 0 Å². The maximum absolute atomic E-state index is 12.1. The van der Waals surface area contributed by atoms with E-state index in [9.17, 15) is 9.59 Å². The van der Waals surface area contributed by atoms with Crippen LogP contribution in [0.5, 0.6) is 5.75 Å². The monoisotopic (exact) mass is 293 g/mol. The van der Waals surface area contributed by atoms with E-state index in [2.05, 4.69) is 0 Å². The molecule has 2 rings (SSSR count). The highest BCUT2D eigenvalue weighted by Gasteiger charge is 2.11. The van der Waals surface area contributed by atoms with E-state index in [4.69, 9.17) is 19.4 Å². The number of rotatable bonds is 7. The van der Waals surface area contributed by atoms with Gasteiger partial charge in [-0.2, -0.15) is 0 Å². The van der Waals surface area contributed by atoms with Crippen molar-refractivity contribution in [3.05, 3.63) is 52.3 Å². The molecule has 0 spiro atoms. The number of hydrogen-bond acceptors (Lipinski definition) is 5. The van der Waals surface area contributed by atoms with Gasteiger partial charge in [-0.05, 0) is 24.3 Å². The lowest BCUT2D eigenvalue weighted by molar-refractivity contribution is 0.0660. The lowest BCUT2D eigenvalue weighted by atomic mass is 10.4. The van der Waals surface area contributed by atoms with Crippen molar-refractivity contribution in [1.29, 1.82) is 0 Å². The molecule has 2 aromatic rings. The molecule has 0 aliphatic rings. The molecule has 112 valence electrons. The number of aromatic nitrogens is 1. The molecule has 0 radical (unpaired) electrons. The SMILES string of the molecule is O=C(O)c1ccc(Cn2cccc(OCCCO)c2=O)o1. The highest BCUT2D eigenvalue weighted by atomic mass is 16.5. The number of nitrogens with zero attached hydrogens (tertiary/aromatic N) is 1. The van der Waals surface area contributed by atoms with Crippen molar-refractivity contribution in [1.82, 2.24) is 4.57 Å². The summed E-state index contributed by atoms with van der Waals surface area (Å²) in [4.78, 5) is 22.9. The highest BCUT2D eigenvalue weighted by Crippen LogP contribution is 2.10. The van der Waals surface area contributed by atoms with Crippen molar-refractivity contribution in [3.63, 3.8) is 0 Å². The standard InChI is InChI=1S/C14H15NO6/c16-7-2-8-20-11-3-1-6-15(13(11)17)9-10-4-5-12(21-10)14(18)19/h1,3-6,16H,2,7-9H2,(H,18,19). The summed E-state index contributed by atoms with van der Waals surface area (Å²) >= 11 is 0. The van der Waals surface area contributed by atoms with E-state index in [0.29, 0.717) is 12.2 Å². The number of carboxylic acid groups (broad SMARTS) is 1. The third-order valence-corrected chi connectivity index (χ3v) is 2.74. The van der Waals surface area contributed by atoms with Crippen LogP contribution in [0.15, 0.2) is 39.7 Å². The smallest absolute Gasteiger partial charge is 0.371 e. The van der Waals surface area contributed by atoms with Crippen molar-refractivity contribution in [2.75, 3.05) is 13.2 Å². The van der Waals surface area contributed by atoms with E-state index in [-0.39, 0.29) is 36.8 Å². The molecule has 0 aliphatic carbocycles. The van der Waals surface area contributed by atoms with Gasteiger partial charge >= 0.3 is 5.97 Å². The molecule has 0 saturated carbocycles. The van der Waals surface area contributed by atoms with Crippen LogP contribution in [0, 0.1) is 0 Å². The maximum Gasteiger partial charge on any atom is 0.371 e. The number of ether oxygens (including phenoxy) is 1. The first-order chi connectivity index (χ1) is 10.1. The first-order valence-electron chi connectivity index (χ1n) is 6.37. The minimum atomic E-state index is -1.16. The summed E-state index contributed by atoms with van der Waals surface area (Å²) in [5.74, 6) is -0.791. The molecule has 0 saturated heterocycles. The maximum atomic E-state index is 12.1. The lowest BCUT2D eigenvalue weighted by Gasteiger charge is -2.08. The molecule has 2 N–H and O–H groups in total. The van der Waals surface area contributed by atoms with Gasteiger partial charge in [0.25, 0.3) is 5.56 Å². The molecule has 0 fully saturated rings. The van der Waals surface area contributed by atoms with Gasteiger partial charge in [-0.3, -0.25) is 4.79 Å². The van der Waals surface area contributed by atoms with Crippen LogP contribution in [0.4, 0.5) is 0 Å². The Kier molecular flexibility index (Phi) is 4.78. The molecule has 2 heterocycles. The van der Waals surface area contributed by atoms with Crippen molar-refractivity contribution in [2.45, 2.75) is 13.0 Å². The number of hydrogen-bond donors (Lipinski definition) is 2. The zero-order valence-corrected chi connectivity index (χ0v) is 11.2. The Morgan fingerprint density at radius 1 is 1.33 bits per heavy atom. The van der Waals surface area contributed by atoms with Gasteiger partial charge in [-0.25, -0.2) is 4.79 Å². The Balaban J connectivity index is 2.14. The van der Waals surface area contributed by atoms with Gasteiger partial charge in [0.2, 0.25) is 5.76 Å². The molecule has 21 heavy (non-hydrogen) atoms. The van der Waals surface area contributed by atoms with Gasteiger partial charge in [-0.15, -0.1) is 0 Å². The van der Waals surface area contributed by atoms with E-state index in [0.717, 1.165) is 0 Å². The third-order valence-electron chi connectivity index (χ3n) is 2.74. The molecular formula is C14H15NO6. The third kappa shape index (κ3) is 3.73. The number of aliphatic hydroxyl groups is 1. The number of aliphatic hydroxyl groups excluding tert-OH is 1. The Labute approximate surface area is 120 Å². The molecule has 0 unspecified atom stereocenters. The molecule has 7 heteroatoms. The van der Waals surface area contributed by atoms with Crippen molar-refractivity contribution in [3.8, 4) is 5.75 Å². The summed E-state index contributed by atoms with van der Waals surface area (Å²) in [6.45, 7) is 0.356. The van der Waals surface area contributed by atoms with E-state index in [1.54, 1.807) is 18.3 Å². The molecule has 0 amide bonds. The Bertz CT molecular complexity index is 672. The number of carbonyl (C=O) groups is 1. The predicted octanol–water partition coefficient (Wildman–Crippen LogP) is 0.949. The number of carboxylic acids is 1. The van der Waals surface area contributed by atoms with Crippen LogP contribution in [0.2, 0.25) is 0 Å². The average molecular weight is 293 g/mol. The summed E-state index contributed by atoms with van der Waals surface area (Å²) in [6.07, 6.45) is 2.00. The highest BCUT2D eigenvalue weighted by molar-refractivity contribution is 5.84. The van der Waals surface area contributed by atoms with Gasteiger partial charge in [-0.1, -0.05) is 0 Å². The molecule has 0 aromatic carbocycles. The number of aromatic carboxylic acids is 1. The summed E-state index contributed by atoms with van der Waals surface area (Å²) in [5, 5.41) is 17.5. The van der Waals surface area contributed by atoms with Crippen LogP contribution in [0.1, 0.15) is 22.7 Å². The number of pyridine rings is 1. The van der Waals surface area contributed by atoms with Crippen molar-refractivity contribution < 1.29 is 24.2 Å². The van der Waals surface area contributed by atoms with E-state index in [1.165, 1.54) is 16.7 Å². The average Bonchev–Trinajstić information content (AvgIpc) is 2.92. The van der Waals surface area contributed by atoms with Gasteiger partial charge in [0.15, 0.2) is 5.75 Å². The lowest BCUT2D eigenvalue weighted by Crippen LogP contribution is -2.22. The quantitative estimate of drug-likeness (QED) is 0.737. The first-order valence-corrected chi connectivity index (χ1v) is 6.37. The molecule has 0 atom stereocenters. The molecule has 7 nitrogen and oxygen atoms in total. The van der Waals surface area contributed by atoms with E-state index < -0.39 is 5.97 Å². The van der Waals surface area contributed by atoms with Crippen LogP contribution < -0.4 is 10.3 Å². The summed E-state index contributed by atoms with van der Waals surface area (Å²) in [6, 6.07) is 6.04.